The number of hydrogen-bond acceptors (Lipinski definition) is 2. The van der Waals surface area contributed by atoms with E-state index in [-0.39, 0.29) is 6.10 Å². The summed E-state index contributed by atoms with van der Waals surface area (Å²) in [6, 6.07) is 0. The van der Waals surface area contributed by atoms with Crippen molar-refractivity contribution >= 4 is 0 Å². The molecule has 1 saturated heterocycles. The summed E-state index contributed by atoms with van der Waals surface area (Å²) in [4.78, 5) is 0. The molecule has 2 nitrogen and oxygen atoms in total. The zero-order valence-electron chi connectivity index (χ0n) is 14.3. The molecule has 0 bridgehead atoms. The first-order valence-electron chi connectivity index (χ1n) is 9.82. The van der Waals surface area contributed by atoms with Crippen LogP contribution in [-0.4, -0.2) is 23.4 Å². The Morgan fingerprint density at radius 1 is 0.955 bits per heavy atom. The van der Waals surface area contributed by atoms with Crippen LogP contribution < -0.4 is 0 Å². The highest BCUT2D eigenvalue weighted by molar-refractivity contribution is 5.12. The molecule has 22 heavy (non-hydrogen) atoms. The van der Waals surface area contributed by atoms with E-state index in [1.54, 1.807) is 0 Å². The summed E-state index contributed by atoms with van der Waals surface area (Å²) in [5.41, 5.74) is 0.690. The standard InChI is InChI=1S/C20H32O2/c1-19(2)10-13(21)9-12-3-4-14-15-7-8-20(11-22-20)17(15)6-5-16(14)18(12)19/h12-18,21H,3-11H2,1-2H3. The van der Waals surface area contributed by atoms with Gasteiger partial charge in [-0.05, 0) is 92.3 Å². The zero-order chi connectivity index (χ0) is 15.1. The van der Waals surface area contributed by atoms with Gasteiger partial charge in [-0.15, -0.1) is 0 Å². The van der Waals surface area contributed by atoms with E-state index in [9.17, 15) is 5.11 Å². The number of ether oxygens (including phenoxy) is 1. The number of epoxide rings is 1. The molecule has 0 radical (unpaired) electrons. The van der Waals surface area contributed by atoms with Crippen LogP contribution in [0, 0.1) is 40.9 Å². The molecule has 124 valence electrons. The minimum absolute atomic E-state index is 0.0428. The van der Waals surface area contributed by atoms with Crippen molar-refractivity contribution in [2.24, 2.45) is 40.9 Å². The summed E-state index contributed by atoms with van der Waals surface area (Å²) in [5, 5.41) is 10.3. The molecule has 5 fully saturated rings. The monoisotopic (exact) mass is 304 g/mol. The lowest BCUT2D eigenvalue weighted by atomic mass is 9.47. The van der Waals surface area contributed by atoms with Crippen molar-refractivity contribution in [1.29, 1.82) is 0 Å². The Morgan fingerprint density at radius 3 is 2.50 bits per heavy atom. The molecule has 1 aliphatic heterocycles. The van der Waals surface area contributed by atoms with Crippen LogP contribution in [0.2, 0.25) is 0 Å². The molecule has 1 heterocycles. The van der Waals surface area contributed by atoms with Crippen LogP contribution in [0.5, 0.6) is 0 Å². The second-order valence-electron chi connectivity index (χ2n) is 10.0. The van der Waals surface area contributed by atoms with Crippen molar-refractivity contribution in [2.45, 2.75) is 76.9 Å². The fraction of sp³-hybridized carbons (Fsp3) is 1.00. The van der Waals surface area contributed by atoms with Gasteiger partial charge in [0, 0.05) is 0 Å². The molecule has 8 atom stereocenters. The Bertz CT molecular complexity index is 466. The van der Waals surface area contributed by atoms with Crippen molar-refractivity contribution < 1.29 is 9.84 Å². The first-order chi connectivity index (χ1) is 10.5. The Morgan fingerprint density at radius 2 is 1.73 bits per heavy atom. The Balaban J connectivity index is 1.43. The van der Waals surface area contributed by atoms with E-state index in [4.69, 9.17) is 4.74 Å². The van der Waals surface area contributed by atoms with Gasteiger partial charge in [-0.1, -0.05) is 13.8 Å². The summed E-state index contributed by atoms with van der Waals surface area (Å²) in [6.07, 6.45) is 10.5. The summed E-state index contributed by atoms with van der Waals surface area (Å²) in [7, 11) is 0. The highest BCUT2D eigenvalue weighted by Gasteiger charge is 2.63. The lowest BCUT2D eigenvalue weighted by Crippen LogP contribution is -2.52. The number of aliphatic hydroxyl groups is 1. The van der Waals surface area contributed by atoms with Crippen molar-refractivity contribution in [3.63, 3.8) is 0 Å². The van der Waals surface area contributed by atoms with E-state index in [1.165, 1.54) is 38.5 Å². The second-order valence-corrected chi connectivity index (χ2v) is 10.0. The maximum absolute atomic E-state index is 10.3. The van der Waals surface area contributed by atoms with Gasteiger partial charge in [0.25, 0.3) is 0 Å². The molecule has 1 spiro atoms. The molecule has 1 N–H and O–H groups in total. The molecule has 4 saturated carbocycles. The average Bonchev–Trinajstić information content (AvgIpc) is 3.13. The molecule has 0 aromatic rings. The number of fused-ring (bicyclic) bond motifs is 6. The third-order valence-corrected chi connectivity index (χ3v) is 8.60. The van der Waals surface area contributed by atoms with Crippen molar-refractivity contribution in [1.82, 2.24) is 0 Å². The van der Waals surface area contributed by atoms with Crippen molar-refractivity contribution in [2.75, 3.05) is 6.61 Å². The maximum atomic E-state index is 10.3. The number of aliphatic hydroxyl groups excluding tert-OH is 1. The predicted molar refractivity (Wildman–Crippen MR) is 86.3 cm³/mol. The van der Waals surface area contributed by atoms with Crippen LogP contribution in [0.3, 0.4) is 0 Å². The van der Waals surface area contributed by atoms with Gasteiger partial charge in [0.2, 0.25) is 0 Å². The molecule has 0 aromatic heterocycles. The summed E-state index contributed by atoms with van der Waals surface area (Å²) >= 11 is 0. The lowest BCUT2D eigenvalue weighted by Gasteiger charge is -2.58. The van der Waals surface area contributed by atoms with Gasteiger partial charge in [-0.3, -0.25) is 0 Å². The highest BCUT2D eigenvalue weighted by atomic mass is 16.6. The van der Waals surface area contributed by atoms with E-state index < -0.39 is 0 Å². The van der Waals surface area contributed by atoms with Crippen LogP contribution >= 0.6 is 0 Å². The Kier molecular flexibility index (Phi) is 2.92. The SMILES string of the molecule is CC1(C)CC(O)CC2CCC3C(CCC4C3CCC43CO3)C21. The van der Waals surface area contributed by atoms with E-state index in [2.05, 4.69) is 13.8 Å². The topological polar surface area (TPSA) is 32.8 Å². The van der Waals surface area contributed by atoms with E-state index >= 15 is 0 Å². The van der Waals surface area contributed by atoms with Gasteiger partial charge < -0.3 is 9.84 Å². The lowest BCUT2D eigenvalue weighted by molar-refractivity contribution is -0.111. The third-order valence-electron chi connectivity index (χ3n) is 8.60. The molecule has 0 amide bonds. The first kappa shape index (κ1) is 14.3. The van der Waals surface area contributed by atoms with Gasteiger partial charge in [0.1, 0.15) is 0 Å². The normalized spacial score (nSPS) is 58.8. The molecule has 8 unspecified atom stereocenters. The summed E-state index contributed by atoms with van der Waals surface area (Å²) < 4.78 is 5.93. The van der Waals surface area contributed by atoms with E-state index in [0.29, 0.717) is 11.0 Å². The first-order valence-corrected chi connectivity index (χ1v) is 9.82. The van der Waals surface area contributed by atoms with Crippen molar-refractivity contribution in [3.8, 4) is 0 Å². The predicted octanol–water partition coefficient (Wildman–Crippen LogP) is 4.01. The summed E-state index contributed by atoms with van der Waals surface area (Å²) in [6.45, 7) is 5.96. The minimum atomic E-state index is -0.0428. The maximum Gasteiger partial charge on any atom is 0.0947 e. The molecular weight excluding hydrogens is 272 g/mol. The number of hydrogen-bond donors (Lipinski definition) is 1. The third kappa shape index (κ3) is 1.86. The quantitative estimate of drug-likeness (QED) is 0.686. The van der Waals surface area contributed by atoms with Crippen LogP contribution in [0.1, 0.15) is 65.2 Å². The molecule has 2 heteroatoms. The second kappa shape index (κ2) is 4.51. The number of rotatable bonds is 0. The Hall–Kier alpha value is -0.0800. The molecule has 0 aromatic carbocycles. The molecule has 5 rings (SSSR count). The van der Waals surface area contributed by atoms with Crippen LogP contribution in [-0.2, 0) is 4.74 Å². The average molecular weight is 304 g/mol. The molecule has 4 aliphatic carbocycles. The molecular formula is C20H32O2. The Labute approximate surface area is 135 Å². The van der Waals surface area contributed by atoms with Gasteiger partial charge in [0.15, 0.2) is 0 Å². The van der Waals surface area contributed by atoms with Crippen LogP contribution in [0.15, 0.2) is 0 Å². The van der Waals surface area contributed by atoms with Crippen LogP contribution in [0.4, 0.5) is 0 Å². The van der Waals surface area contributed by atoms with Crippen molar-refractivity contribution in [3.05, 3.63) is 0 Å². The largest absolute Gasteiger partial charge is 0.393 e. The van der Waals surface area contributed by atoms with Gasteiger partial charge in [-0.25, -0.2) is 0 Å². The fourth-order valence-corrected chi connectivity index (χ4v) is 8.00. The highest BCUT2D eigenvalue weighted by Crippen LogP contribution is 2.65. The fourth-order valence-electron chi connectivity index (χ4n) is 8.00. The van der Waals surface area contributed by atoms with E-state index in [1.807, 2.05) is 0 Å². The van der Waals surface area contributed by atoms with Gasteiger partial charge in [-0.2, -0.15) is 0 Å². The molecule has 5 aliphatic rings. The minimum Gasteiger partial charge on any atom is -0.393 e. The van der Waals surface area contributed by atoms with Gasteiger partial charge >= 0.3 is 0 Å². The zero-order valence-corrected chi connectivity index (χ0v) is 14.3. The smallest absolute Gasteiger partial charge is 0.0947 e. The van der Waals surface area contributed by atoms with E-state index in [0.717, 1.165) is 55.0 Å². The van der Waals surface area contributed by atoms with Gasteiger partial charge in [0.05, 0.1) is 18.3 Å². The van der Waals surface area contributed by atoms with Crippen LogP contribution in [0.25, 0.3) is 0 Å². The summed E-state index contributed by atoms with van der Waals surface area (Å²) in [5.74, 6) is 5.43.